The van der Waals surface area contributed by atoms with Gasteiger partial charge >= 0.3 is 0 Å². The van der Waals surface area contributed by atoms with Crippen LogP contribution in [0.3, 0.4) is 0 Å². The SMILES string of the molecule is N#Cc1ccc2c(n1)C(=O)C(C#N)C(=O)N2. The number of nitrogens with zero attached hydrogens (tertiary/aromatic N) is 3. The summed E-state index contributed by atoms with van der Waals surface area (Å²) in [4.78, 5) is 26.7. The first-order chi connectivity index (χ1) is 7.67. The largest absolute Gasteiger partial charge is 0.323 e. The van der Waals surface area contributed by atoms with Crippen LogP contribution < -0.4 is 5.32 Å². The van der Waals surface area contributed by atoms with Crippen LogP contribution in [0.15, 0.2) is 12.1 Å². The minimum absolute atomic E-state index is 0.0369. The second-order valence-electron chi connectivity index (χ2n) is 3.12. The van der Waals surface area contributed by atoms with E-state index in [-0.39, 0.29) is 17.1 Å². The first-order valence-electron chi connectivity index (χ1n) is 4.33. The number of hydrogen-bond donors (Lipinski definition) is 1. The molecule has 1 N–H and O–H groups in total. The average Bonchev–Trinajstić information content (AvgIpc) is 2.29. The smallest absolute Gasteiger partial charge is 0.249 e. The maximum absolute atomic E-state index is 11.7. The molecule has 1 atom stereocenters. The molecule has 1 aromatic heterocycles. The molecule has 16 heavy (non-hydrogen) atoms. The molecule has 0 saturated heterocycles. The van der Waals surface area contributed by atoms with Gasteiger partial charge in [0.15, 0.2) is 5.92 Å². The van der Waals surface area contributed by atoms with Crippen LogP contribution in [0.25, 0.3) is 0 Å². The Balaban J connectivity index is 2.58. The Kier molecular flexibility index (Phi) is 2.11. The van der Waals surface area contributed by atoms with Gasteiger partial charge in [0.25, 0.3) is 0 Å². The van der Waals surface area contributed by atoms with E-state index in [4.69, 9.17) is 10.5 Å². The highest BCUT2D eigenvalue weighted by Gasteiger charge is 2.35. The lowest BCUT2D eigenvalue weighted by Crippen LogP contribution is -2.35. The molecule has 1 aliphatic heterocycles. The van der Waals surface area contributed by atoms with E-state index in [0.29, 0.717) is 0 Å². The van der Waals surface area contributed by atoms with E-state index in [9.17, 15) is 9.59 Å². The predicted molar refractivity (Wildman–Crippen MR) is 51.0 cm³/mol. The molecular weight excluding hydrogens is 208 g/mol. The highest BCUT2D eigenvalue weighted by atomic mass is 16.2. The molecule has 2 heterocycles. The number of nitrogens with one attached hydrogen (secondary N) is 1. The summed E-state index contributed by atoms with van der Waals surface area (Å²) in [5, 5.41) is 19.7. The third-order valence-electron chi connectivity index (χ3n) is 2.15. The van der Waals surface area contributed by atoms with Crippen LogP contribution in [-0.2, 0) is 4.79 Å². The topological polar surface area (TPSA) is 107 Å². The van der Waals surface area contributed by atoms with E-state index >= 15 is 0 Å². The molecule has 76 valence electrons. The van der Waals surface area contributed by atoms with Gasteiger partial charge in [0.05, 0.1) is 11.8 Å². The van der Waals surface area contributed by atoms with Gasteiger partial charge in [-0.15, -0.1) is 0 Å². The number of fused-ring (bicyclic) bond motifs is 1. The third kappa shape index (κ3) is 1.30. The quantitative estimate of drug-likeness (QED) is 0.619. The zero-order valence-electron chi connectivity index (χ0n) is 7.89. The third-order valence-corrected chi connectivity index (χ3v) is 2.15. The number of hydrogen-bond acceptors (Lipinski definition) is 5. The van der Waals surface area contributed by atoms with Gasteiger partial charge in [-0.2, -0.15) is 10.5 Å². The Morgan fingerprint density at radius 2 is 2.06 bits per heavy atom. The monoisotopic (exact) mass is 212 g/mol. The Labute approximate surface area is 90.1 Å². The number of carbonyl (C=O) groups excluding carboxylic acids is 2. The molecule has 1 aromatic rings. The molecule has 0 radical (unpaired) electrons. The molecule has 0 bridgehead atoms. The molecular formula is C10H4N4O2. The second-order valence-corrected chi connectivity index (χ2v) is 3.12. The summed E-state index contributed by atoms with van der Waals surface area (Å²) in [6.45, 7) is 0. The summed E-state index contributed by atoms with van der Waals surface area (Å²) < 4.78 is 0. The molecule has 0 fully saturated rings. The summed E-state index contributed by atoms with van der Waals surface area (Å²) in [5.74, 6) is -2.71. The number of ketones is 1. The second kappa shape index (κ2) is 3.44. The van der Waals surface area contributed by atoms with E-state index < -0.39 is 17.6 Å². The van der Waals surface area contributed by atoms with Gasteiger partial charge in [-0.3, -0.25) is 9.59 Å². The number of aromatic nitrogens is 1. The number of anilines is 1. The molecule has 2 rings (SSSR count). The summed E-state index contributed by atoms with van der Waals surface area (Å²) in [5.41, 5.74) is 0.269. The summed E-state index contributed by atoms with van der Waals surface area (Å²) in [6.07, 6.45) is 0. The Morgan fingerprint density at radius 3 is 2.69 bits per heavy atom. The van der Waals surface area contributed by atoms with Crippen LogP contribution in [0.1, 0.15) is 16.2 Å². The lowest BCUT2D eigenvalue weighted by molar-refractivity contribution is -0.117. The maximum Gasteiger partial charge on any atom is 0.249 e. The zero-order chi connectivity index (χ0) is 11.7. The van der Waals surface area contributed by atoms with Crippen molar-refractivity contribution in [2.24, 2.45) is 5.92 Å². The van der Waals surface area contributed by atoms with Gasteiger partial charge in [-0.1, -0.05) is 0 Å². The molecule has 0 aliphatic carbocycles. The molecule has 1 amide bonds. The molecule has 1 unspecified atom stereocenters. The van der Waals surface area contributed by atoms with Gasteiger partial charge in [-0.05, 0) is 12.1 Å². The van der Waals surface area contributed by atoms with Gasteiger partial charge in [0.1, 0.15) is 17.5 Å². The minimum Gasteiger partial charge on any atom is -0.323 e. The standard InChI is InChI=1S/C10H4N4O2/c11-3-5-1-2-7-8(13-5)9(15)6(4-12)10(16)14-7/h1-2,6H,(H,14,16). The molecule has 6 nitrogen and oxygen atoms in total. The number of carbonyl (C=O) groups is 2. The maximum atomic E-state index is 11.7. The van der Waals surface area contributed by atoms with Crippen LogP contribution >= 0.6 is 0 Å². The minimum atomic E-state index is -1.38. The van der Waals surface area contributed by atoms with Crippen molar-refractivity contribution in [3.8, 4) is 12.1 Å². The highest BCUT2D eigenvalue weighted by molar-refractivity contribution is 6.21. The number of pyridine rings is 1. The van der Waals surface area contributed by atoms with Crippen LogP contribution in [-0.4, -0.2) is 16.7 Å². The summed E-state index contributed by atoms with van der Waals surface area (Å²) in [7, 11) is 0. The number of amides is 1. The lowest BCUT2D eigenvalue weighted by atomic mass is 9.96. The van der Waals surface area contributed by atoms with Crippen molar-refractivity contribution in [3.05, 3.63) is 23.5 Å². The Morgan fingerprint density at radius 1 is 1.31 bits per heavy atom. The van der Waals surface area contributed by atoms with Crippen molar-refractivity contribution < 1.29 is 9.59 Å². The number of rotatable bonds is 0. The van der Waals surface area contributed by atoms with Crippen LogP contribution in [0, 0.1) is 28.6 Å². The molecule has 6 heteroatoms. The predicted octanol–water partition coefficient (Wildman–Crippen LogP) is 0.228. The van der Waals surface area contributed by atoms with Crippen LogP contribution in [0.4, 0.5) is 5.69 Å². The van der Waals surface area contributed by atoms with Crippen molar-refractivity contribution in [1.82, 2.24) is 4.98 Å². The zero-order valence-corrected chi connectivity index (χ0v) is 7.89. The highest BCUT2D eigenvalue weighted by Crippen LogP contribution is 2.23. The molecule has 1 aliphatic rings. The number of Topliss-reactive ketones (excluding diaryl/α,β-unsaturated/α-hetero) is 1. The van der Waals surface area contributed by atoms with Gasteiger partial charge in [0, 0.05) is 0 Å². The van der Waals surface area contributed by atoms with E-state index in [1.54, 1.807) is 12.1 Å². The number of nitriles is 2. The van der Waals surface area contributed by atoms with Crippen molar-refractivity contribution in [3.63, 3.8) is 0 Å². The normalized spacial score (nSPS) is 18.0. The molecule has 0 saturated carbocycles. The van der Waals surface area contributed by atoms with E-state index in [1.807, 2.05) is 0 Å². The molecule has 0 spiro atoms. The fourth-order valence-corrected chi connectivity index (χ4v) is 1.39. The first kappa shape index (κ1) is 9.81. The van der Waals surface area contributed by atoms with Crippen molar-refractivity contribution in [2.45, 2.75) is 0 Å². The van der Waals surface area contributed by atoms with Gasteiger partial charge in [-0.25, -0.2) is 4.98 Å². The summed E-state index contributed by atoms with van der Waals surface area (Å²) >= 11 is 0. The fraction of sp³-hybridized carbons (Fsp3) is 0.100. The van der Waals surface area contributed by atoms with Gasteiger partial charge in [0.2, 0.25) is 11.7 Å². The van der Waals surface area contributed by atoms with Crippen molar-refractivity contribution >= 4 is 17.4 Å². The van der Waals surface area contributed by atoms with Crippen LogP contribution in [0.5, 0.6) is 0 Å². The Hall–Kier alpha value is -2.73. The van der Waals surface area contributed by atoms with E-state index in [1.165, 1.54) is 12.1 Å². The fourth-order valence-electron chi connectivity index (χ4n) is 1.39. The van der Waals surface area contributed by atoms with Crippen molar-refractivity contribution in [1.29, 1.82) is 10.5 Å². The Bertz CT molecular complexity index is 579. The average molecular weight is 212 g/mol. The lowest BCUT2D eigenvalue weighted by Gasteiger charge is -2.17. The van der Waals surface area contributed by atoms with E-state index in [0.717, 1.165) is 0 Å². The van der Waals surface area contributed by atoms with E-state index in [2.05, 4.69) is 10.3 Å². The van der Waals surface area contributed by atoms with Crippen molar-refractivity contribution in [2.75, 3.05) is 5.32 Å². The van der Waals surface area contributed by atoms with Crippen LogP contribution in [0.2, 0.25) is 0 Å². The summed E-state index contributed by atoms with van der Waals surface area (Å²) in [6, 6.07) is 6.19. The van der Waals surface area contributed by atoms with Gasteiger partial charge < -0.3 is 5.32 Å². The first-order valence-corrected chi connectivity index (χ1v) is 4.33. The molecule has 0 aromatic carbocycles.